The van der Waals surface area contributed by atoms with Crippen LogP contribution in [0.1, 0.15) is 17.0 Å². The molecule has 0 aromatic heterocycles. The Hall–Kier alpha value is -1.38. The molecule has 0 aliphatic rings. The van der Waals surface area contributed by atoms with Crippen molar-refractivity contribution in [3.05, 3.63) is 70.5 Å². The molecule has 0 saturated heterocycles. The van der Waals surface area contributed by atoms with Gasteiger partial charge in [-0.25, -0.2) is 4.39 Å². The summed E-state index contributed by atoms with van der Waals surface area (Å²) in [5.74, 6) is 0.0124. The van der Waals surface area contributed by atoms with E-state index in [1.165, 1.54) is 6.07 Å². The molecule has 2 rings (SSSR count). The van der Waals surface area contributed by atoms with E-state index in [1.54, 1.807) is 12.1 Å². The Balaban J connectivity index is 2.24. The molecule has 2 aromatic rings. The third-order valence-corrected chi connectivity index (χ3v) is 3.56. The van der Waals surface area contributed by atoms with Crippen molar-refractivity contribution in [1.82, 2.24) is 5.32 Å². The molecule has 2 aromatic carbocycles. The van der Waals surface area contributed by atoms with Crippen molar-refractivity contribution in [2.75, 3.05) is 13.6 Å². The van der Waals surface area contributed by atoms with E-state index < -0.39 is 0 Å². The SMILES string of the molecule is CNCC(Cc1ccccc1Cl)c1cccc(F)c1. The third kappa shape index (κ3) is 3.79. The Morgan fingerprint density at radius 1 is 1.16 bits per heavy atom. The summed E-state index contributed by atoms with van der Waals surface area (Å²) in [6, 6.07) is 14.6. The molecule has 1 unspecified atom stereocenters. The predicted molar refractivity (Wildman–Crippen MR) is 78.2 cm³/mol. The zero-order valence-corrected chi connectivity index (χ0v) is 11.6. The van der Waals surface area contributed by atoms with E-state index in [2.05, 4.69) is 5.32 Å². The van der Waals surface area contributed by atoms with Crippen LogP contribution in [0.4, 0.5) is 4.39 Å². The van der Waals surface area contributed by atoms with Gasteiger partial charge in [0, 0.05) is 17.5 Å². The molecule has 1 atom stereocenters. The smallest absolute Gasteiger partial charge is 0.123 e. The van der Waals surface area contributed by atoms with Crippen molar-refractivity contribution in [2.45, 2.75) is 12.3 Å². The molecule has 1 nitrogen and oxygen atoms in total. The van der Waals surface area contributed by atoms with Crippen LogP contribution < -0.4 is 5.32 Å². The van der Waals surface area contributed by atoms with E-state index in [-0.39, 0.29) is 11.7 Å². The highest BCUT2D eigenvalue weighted by Crippen LogP contribution is 2.25. The molecule has 0 aliphatic carbocycles. The van der Waals surface area contributed by atoms with Crippen LogP contribution >= 0.6 is 11.6 Å². The molecule has 0 fully saturated rings. The van der Waals surface area contributed by atoms with Crippen LogP contribution in [-0.4, -0.2) is 13.6 Å². The Bertz CT molecular complexity index is 542. The van der Waals surface area contributed by atoms with E-state index >= 15 is 0 Å². The molecule has 0 aliphatic heterocycles. The first-order chi connectivity index (χ1) is 9.20. The predicted octanol–water partition coefficient (Wildman–Crippen LogP) is 4.02. The normalized spacial score (nSPS) is 12.4. The van der Waals surface area contributed by atoms with Gasteiger partial charge in [-0.15, -0.1) is 0 Å². The molecule has 1 N–H and O–H groups in total. The van der Waals surface area contributed by atoms with Crippen LogP contribution in [0.25, 0.3) is 0 Å². The minimum absolute atomic E-state index is 0.197. The first-order valence-electron chi connectivity index (χ1n) is 6.34. The second kappa shape index (κ2) is 6.69. The van der Waals surface area contributed by atoms with Gasteiger partial charge >= 0.3 is 0 Å². The van der Waals surface area contributed by atoms with Crippen molar-refractivity contribution in [2.24, 2.45) is 0 Å². The maximum atomic E-state index is 13.3. The van der Waals surface area contributed by atoms with Gasteiger partial charge in [-0.05, 0) is 42.8 Å². The Morgan fingerprint density at radius 3 is 2.63 bits per heavy atom. The number of rotatable bonds is 5. The van der Waals surface area contributed by atoms with Crippen molar-refractivity contribution in [1.29, 1.82) is 0 Å². The van der Waals surface area contributed by atoms with Gasteiger partial charge < -0.3 is 5.32 Å². The van der Waals surface area contributed by atoms with E-state index in [0.29, 0.717) is 0 Å². The number of hydrogen-bond acceptors (Lipinski definition) is 1. The Morgan fingerprint density at radius 2 is 1.95 bits per heavy atom. The summed E-state index contributed by atoms with van der Waals surface area (Å²) in [6.07, 6.45) is 0.796. The molecule has 0 spiro atoms. The topological polar surface area (TPSA) is 12.0 Å². The number of likely N-dealkylation sites (N-methyl/N-ethyl adjacent to an activating group) is 1. The molecule has 0 heterocycles. The summed E-state index contributed by atoms with van der Waals surface area (Å²) in [7, 11) is 1.90. The van der Waals surface area contributed by atoms with Crippen molar-refractivity contribution >= 4 is 11.6 Å². The second-order valence-corrected chi connectivity index (χ2v) is 5.01. The van der Waals surface area contributed by atoms with E-state index in [4.69, 9.17) is 11.6 Å². The maximum absolute atomic E-state index is 13.3. The molecule has 100 valence electrons. The van der Waals surface area contributed by atoms with Gasteiger partial charge in [-0.3, -0.25) is 0 Å². The zero-order valence-electron chi connectivity index (χ0n) is 10.9. The van der Waals surface area contributed by atoms with Gasteiger partial charge in [0.05, 0.1) is 0 Å². The van der Waals surface area contributed by atoms with Crippen LogP contribution in [0, 0.1) is 5.82 Å². The first kappa shape index (κ1) is 14.0. The van der Waals surface area contributed by atoms with Crippen LogP contribution in [0.2, 0.25) is 5.02 Å². The summed E-state index contributed by atoms with van der Waals surface area (Å²) in [5.41, 5.74) is 2.09. The van der Waals surface area contributed by atoms with Crippen LogP contribution in [0.3, 0.4) is 0 Å². The Kier molecular flexibility index (Phi) is 4.94. The minimum atomic E-state index is -0.197. The van der Waals surface area contributed by atoms with Gasteiger partial charge in [-0.1, -0.05) is 41.9 Å². The first-order valence-corrected chi connectivity index (χ1v) is 6.72. The van der Waals surface area contributed by atoms with Crippen LogP contribution in [0.5, 0.6) is 0 Å². The molecule has 0 radical (unpaired) electrons. The monoisotopic (exact) mass is 277 g/mol. The number of hydrogen-bond donors (Lipinski definition) is 1. The van der Waals surface area contributed by atoms with Gasteiger partial charge in [0.1, 0.15) is 5.82 Å². The summed E-state index contributed by atoms with van der Waals surface area (Å²) < 4.78 is 13.3. The number of nitrogens with one attached hydrogen (secondary N) is 1. The van der Waals surface area contributed by atoms with Crippen molar-refractivity contribution in [3.8, 4) is 0 Å². The molecular weight excluding hydrogens is 261 g/mol. The van der Waals surface area contributed by atoms with Gasteiger partial charge in [0.25, 0.3) is 0 Å². The lowest BCUT2D eigenvalue weighted by Gasteiger charge is -2.18. The quantitative estimate of drug-likeness (QED) is 0.870. The summed E-state index contributed by atoms with van der Waals surface area (Å²) in [5, 5.41) is 3.92. The molecule has 0 saturated carbocycles. The average Bonchev–Trinajstić information content (AvgIpc) is 2.40. The highest BCUT2D eigenvalue weighted by Gasteiger charge is 2.13. The lowest BCUT2D eigenvalue weighted by atomic mass is 9.92. The molecule has 0 bridgehead atoms. The number of halogens is 2. The van der Waals surface area contributed by atoms with Gasteiger partial charge in [-0.2, -0.15) is 0 Å². The molecular formula is C16H17ClFN. The largest absolute Gasteiger partial charge is 0.319 e. The van der Waals surface area contributed by atoms with Crippen molar-refractivity contribution < 1.29 is 4.39 Å². The Labute approximate surface area is 118 Å². The van der Waals surface area contributed by atoms with E-state index in [1.807, 2.05) is 37.4 Å². The lowest BCUT2D eigenvalue weighted by molar-refractivity contribution is 0.601. The molecule has 3 heteroatoms. The second-order valence-electron chi connectivity index (χ2n) is 4.61. The summed E-state index contributed by atoms with van der Waals surface area (Å²) in [6.45, 7) is 0.786. The lowest BCUT2D eigenvalue weighted by Crippen LogP contribution is -2.19. The van der Waals surface area contributed by atoms with Gasteiger partial charge in [0.2, 0.25) is 0 Å². The van der Waals surface area contributed by atoms with E-state index in [9.17, 15) is 4.39 Å². The van der Waals surface area contributed by atoms with Crippen LogP contribution in [0.15, 0.2) is 48.5 Å². The fourth-order valence-electron chi connectivity index (χ4n) is 2.24. The standard InChI is InChI=1S/C16H17ClFN/c1-19-11-14(12-6-4-7-15(18)10-12)9-13-5-2-3-8-16(13)17/h2-8,10,14,19H,9,11H2,1H3. The minimum Gasteiger partial charge on any atom is -0.319 e. The average molecular weight is 278 g/mol. The highest BCUT2D eigenvalue weighted by atomic mass is 35.5. The number of benzene rings is 2. The third-order valence-electron chi connectivity index (χ3n) is 3.19. The highest BCUT2D eigenvalue weighted by molar-refractivity contribution is 6.31. The fourth-order valence-corrected chi connectivity index (χ4v) is 2.46. The van der Waals surface area contributed by atoms with Crippen molar-refractivity contribution in [3.63, 3.8) is 0 Å². The van der Waals surface area contributed by atoms with Gasteiger partial charge in [0.15, 0.2) is 0 Å². The molecule has 0 amide bonds. The summed E-state index contributed by atoms with van der Waals surface area (Å²) in [4.78, 5) is 0. The zero-order chi connectivity index (χ0) is 13.7. The maximum Gasteiger partial charge on any atom is 0.123 e. The molecule has 19 heavy (non-hydrogen) atoms. The fraction of sp³-hybridized carbons (Fsp3) is 0.250. The van der Waals surface area contributed by atoms with Crippen LogP contribution in [-0.2, 0) is 6.42 Å². The van der Waals surface area contributed by atoms with E-state index in [0.717, 1.165) is 29.1 Å². The summed E-state index contributed by atoms with van der Waals surface area (Å²) >= 11 is 6.19.